The van der Waals surface area contributed by atoms with E-state index in [4.69, 9.17) is 15.9 Å². The van der Waals surface area contributed by atoms with Crippen LogP contribution in [-0.2, 0) is 0 Å². The second-order valence-electron chi connectivity index (χ2n) is 4.07. The van der Waals surface area contributed by atoms with Crippen LogP contribution in [0.5, 0.6) is 11.5 Å². The first-order valence-corrected chi connectivity index (χ1v) is 5.54. The first kappa shape index (κ1) is 13.0. The molecule has 98 valence electrons. The van der Waals surface area contributed by atoms with E-state index >= 15 is 0 Å². The van der Waals surface area contributed by atoms with E-state index in [1.807, 2.05) is 0 Å². The van der Waals surface area contributed by atoms with Gasteiger partial charge in [-0.2, -0.15) is 0 Å². The molecule has 0 aliphatic heterocycles. The molecular weight excluding hydrogens is 250 g/mol. The molecule has 0 fully saturated rings. The van der Waals surface area contributed by atoms with Crippen molar-refractivity contribution in [3.05, 3.63) is 53.1 Å². The van der Waals surface area contributed by atoms with E-state index in [2.05, 4.69) is 0 Å². The maximum Gasteiger partial charge on any atom is 0.168 e. The molecule has 0 aliphatic carbocycles. The number of halogens is 2. The van der Waals surface area contributed by atoms with Crippen LogP contribution in [0, 0.1) is 24.0 Å². The third kappa shape index (κ3) is 2.70. The van der Waals surface area contributed by atoms with Crippen LogP contribution in [0.1, 0.15) is 11.1 Å². The smallest absolute Gasteiger partial charge is 0.168 e. The summed E-state index contributed by atoms with van der Waals surface area (Å²) in [4.78, 5) is 0. The lowest BCUT2D eigenvalue weighted by molar-refractivity contribution is 0.435. The number of anilines is 1. The molecule has 3 N–H and O–H groups in total. The molecule has 19 heavy (non-hydrogen) atoms. The largest absolute Gasteiger partial charge is 0.454 e. The summed E-state index contributed by atoms with van der Waals surface area (Å²) in [6.45, 7) is 1.75. The van der Waals surface area contributed by atoms with Gasteiger partial charge in [0.1, 0.15) is 11.6 Å². The summed E-state index contributed by atoms with van der Waals surface area (Å²) in [7, 11) is 0. The Kier molecular flexibility index (Phi) is 3.46. The van der Waals surface area contributed by atoms with Crippen LogP contribution in [0.2, 0.25) is 0 Å². The molecule has 0 atom stereocenters. The number of nitrogens with one attached hydrogen (secondary N) is 1. The van der Waals surface area contributed by atoms with Crippen molar-refractivity contribution < 1.29 is 13.5 Å². The van der Waals surface area contributed by atoms with Gasteiger partial charge in [0.2, 0.25) is 0 Å². The summed E-state index contributed by atoms with van der Waals surface area (Å²) in [5.41, 5.74) is 7.33. The average Bonchev–Trinajstić information content (AvgIpc) is 2.35. The Labute approximate surface area is 109 Å². The quantitative estimate of drug-likeness (QED) is 0.655. The topological polar surface area (TPSA) is 59.1 Å². The normalized spacial score (nSPS) is 10.3. The third-order valence-electron chi connectivity index (χ3n) is 2.65. The lowest BCUT2D eigenvalue weighted by atomic mass is 10.1. The predicted octanol–water partition coefficient (Wildman–Crippen LogP) is 3.65. The molecule has 2 rings (SSSR count). The number of benzene rings is 2. The van der Waals surface area contributed by atoms with Crippen LogP contribution in [0.15, 0.2) is 30.3 Å². The van der Waals surface area contributed by atoms with Crippen molar-refractivity contribution >= 4 is 11.9 Å². The SMILES string of the molecule is Cc1cc(N)c(C=N)cc1Oc1ccc(F)cc1F. The van der Waals surface area contributed by atoms with Gasteiger partial charge in [0.15, 0.2) is 11.6 Å². The number of ether oxygens (including phenoxy) is 1. The zero-order valence-corrected chi connectivity index (χ0v) is 10.2. The summed E-state index contributed by atoms with van der Waals surface area (Å²) in [6.07, 6.45) is 1.09. The summed E-state index contributed by atoms with van der Waals surface area (Å²) in [5, 5.41) is 7.22. The molecule has 0 aliphatic rings. The third-order valence-corrected chi connectivity index (χ3v) is 2.65. The molecule has 0 saturated carbocycles. The molecule has 0 radical (unpaired) electrons. The first-order chi connectivity index (χ1) is 9.01. The van der Waals surface area contributed by atoms with Gasteiger partial charge in [0, 0.05) is 23.5 Å². The summed E-state index contributed by atoms with van der Waals surface area (Å²) in [5.74, 6) is -1.16. The van der Waals surface area contributed by atoms with Crippen LogP contribution in [0.3, 0.4) is 0 Å². The van der Waals surface area contributed by atoms with Crippen LogP contribution >= 0.6 is 0 Å². The Morgan fingerprint density at radius 2 is 1.89 bits per heavy atom. The fourth-order valence-corrected chi connectivity index (χ4v) is 1.64. The lowest BCUT2D eigenvalue weighted by Crippen LogP contribution is -1.97. The molecule has 5 heteroatoms. The van der Waals surface area contributed by atoms with Gasteiger partial charge < -0.3 is 15.9 Å². The van der Waals surface area contributed by atoms with E-state index in [1.54, 1.807) is 19.1 Å². The molecule has 0 spiro atoms. The molecule has 2 aromatic rings. The number of hydrogen-bond acceptors (Lipinski definition) is 3. The van der Waals surface area contributed by atoms with Gasteiger partial charge in [-0.05, 0) is 36.8 Å². The molecule has 0 saturated heterocycles. The Morgan fingerprint density at radius 1 is 1.16 bits per heavy atom. The fraction of sp³-hybridized carbons (Fsp3) is 0.0714. The lowest BCUT2D eigenvalue weighted by Gasteiger charge is -2.11. The van der Waals surface area contributed by atoms with E-state index in [0.29, 0.717) is 22.6 Å². The van der Waals surface area contributed by atoms with Gasteiger partial charge in [-0.3, -0.25) is 0 Å². The van der Waals surface area contributed by atoms with Crippen molar-refractivity contribution in [3.63, 3.8) is 0 Å². The minimum Gasteiger partial charge on any atom is -0.454 e. The van der Waals surface area contributed by atoms with Crippen molar-refractivity contribution in [3.8, 4) is 11.5 Å². The van der Waals surface area contributed by atoms with E-state index in [1.165, 1.54) is 6.07 Å². The van der Waals surface area contributed by atoms with Crippen LogP contribution in [0.4, 0.5) is 14.5 Å². The highest BCUT2D eigenvalue weighted by molar-refractivity contribution is 5.86. The summed E-state index contributed by atoms with van der Waals surface area (Å²) < 4.78 is 31.7. The maximum atomic E-state index is 13.5. The van der Waals surface area contributed by atoms with E-state index in [9.17, 15) is 8.78 Å². The van der Waals surface area contributed by atoms with Gasteiger partial charge >= 0.3 is 0 Å². The Balaban J connectivity index is 2.40. The van der Waals surface area contributed by atoms with Crippen LogP contribution < -0.4 is 10.5 Å². The number of aryl methyl sites for hydroxylation is 1. The maximum absolute atomic E-state index is 13.5. The zero-order chi connectivity index (χ0) is 14.0. The van der Waals surface area contributed by atoms with Gasteiger partial charge in [-0.15, -0.1) is 0 Å². The number of nitrogens with two attached hydrogens (primary N) is 1. The van der Waals surface area contributed by atoms with Gasteiger partial charge in [0.05, 0.1) is 0 Å². The standard InChI is InChI=1S/C14H12F2N2O/c1-8-4-12(18)9(7-17)5-14(8)19-13-3-2-10(15)6-11(13)16/h2-7,17H,18H2,1H3. The fourth-order valence-electron chi connectivity index (χ4n) is 1.64. The predicted molar refractivity (Wildman–Crippen MR) is 69.9 cm³/mol. The Morgan fingerprint density at radius 3 is 2.53 bits per heavy atom. The molecule has 0 heterocycles. The van der Waals surface area contributed by atoms with Crippen molar-refractivity contribution in [1.82, 2.24) is 0 Å². The minimum atomic E-state index is -0.785. The second kappa shape index (κ2) is 5.06. The van der Waals surface area contributed by atoms with Crippen molar-refractivity contribution in [2.24, 2.45) is 0 Å². The zero-order valence-electron chi connectivity index (χ0n) is 10.2. The molecule has 2 aromatic carbocycles. The molecule has 3 nitrogen and oxygen atoms in total. The Bertz CT molecular complexity index is 642. The summed E-state index contributed by atoms with van der Waals surface area (Å²) in [6, 6.07) is 6.25. The second-order valence-corrected chi connectivity index (χ2v) is 4.07. The number of rotatable bonds is 3. The van der Waals surface area contributed by atoms with E-state index in [0.717, 1.165) is 18.3 Å². The molecule has 0 unspecified atom stereocenters. The Hall–Kier alpha value is -2.43. The highest BCUT2D eigenvalue weighted by Gasteiger charge is 2.10. The van der Waals surface area contributed by atoms with Crippen molar-refractivity contribution in [2.45, 2.75) is 6.92 Å². The summed E-state index contributed by atoms with van der Waals surface area (Å²) >= 11 is 0. The molecular formula is C14H12F2N2O. The van der Waals surface area contributed by atoms with Gasteiger partial charge in [-0.25, -0.2) is 8.78 Å². The molecule has 0 bridgehead atoms. The van der Waals surface area contributed by atoms with Gasteiger partial charge in [-0.1, -0.05) is 0 Å². The minimum absolute atomic E-state index is 0.0785. The monoisotopic (exact) mass is 262 g/mol. The molecule has 0 amide bonds. The molecule has 0 aromatic heterocycles. The van der Waals surface area contributed by atoms with E-state index in [-0.39, 0.29) is 5.75 Å². The van der Waals surface area contributed by atoms with E-state index < -0.39 is 11.6 Å². The van der Waals surface area contributed by atoms with Crippen molar-refractivity contribution in [2.75, 3.05) is 5.73 Å². The highest BCUT2D eigenvalue weighted by Crippen LogP contribution is 2.30. The van der Waals surface area contributed by atoms with Crippen LogP contribution in [-0.4, -0.2) is 6.21 Å². The number of hydrogen-bond donors (Lipinski definition) is 2. The first-order valence-electron chi connectivity index (χ1n) is 5.54. The van der Waals surface area contributed by atoms with Gasteiger partial charge in [0.25, 0.3) is 0 Å². The van der Waals surface area contributed by atoms with Crippen molar-refractivity contribution in [1.29, 1.82) is 5.41 Å². The average molecular weight is 262 g/mol. The highest BCUT2D eigenvalue weighted by atomic mass is 19.1. The number of nitrogen functional groups attached to an aromatic ring is 1. The van der Waals surface area contributed by atoms with Crippen LogP contribution in [0.25, 0.3) is 0 Å².